The molecular formula is C24H37BrN2O6. The first-order chi connectivity index (χ1) is 15.8. The first-order valence-corrected chi connectivity index (χ1v) is 13.4. The topological polar surface area (TPSA) is 105 Å². The molecule has 1 spiro atoms. The third-order valence-corrected chi connectivity index (χ3v) is 9.18. The zero-order valence-corrected chi connectivity index (χ0v) is 21.4. The number of rotatable bonds is 8. The summed E-state index contributed by atoms with van der Waals surface area (Å²) in [6.07, 6.45) is 5.86. The monoisotopic (exact) mass is 528 g/mol. The third-order valence-electron chi connectivity index (χ3n) is 8.33. The summed E-state index contributed by atoms with van der Waals surface area (Å²) in [4.78, 5) is 42.1. The fourth-order valence-electron chi connectivity index (χ4n) is 6.57. The van der Waals surface area contributed by atoms with Crippen molar-refractivity contribution in [2.24, 2.45) is 17.8 Å². The lowest BCUT2D eigenvalue weighted by Gasteiger charge is -2.39. The Morgan fingerprint density at radius 2 is 2.00 bits per heavy atom. The van der Waals surface area contributed by atoms with Crippen molar-refractivity contribution in [3.05, 3.63) is 0 Å². The number of hydrogen-bond donors (Lipinski definition) is 2. The molecule has 186 valence electrons. The lowest BCUT2D eigenvalue weighted by atomic mass is 9.70. The number of alkyl halides is 1. The summed E-state index contributed by atoms with van der Waals surface area (Å²) in [5.41, 5.74) is -1.10. The minimum atomic E-state index is -1.10. The molecule has 0 radical (unpaired) electrons. The van der Waals surface area contributed by atoms with E-state index in [0.717, 1.165) is 32.1 Å². The Bertz CT molecular complexity index is 774. The molecule has 8 nitrogen and oxygen atoms in total. The maximum absolute atomic E-state index is 14.0. The Kier molecular flexibility index (Phi) is 7.41. The van der Waals surface area contributed by atoms with Crippen LogP contribution in [0.2, 0.25) is 0 Å². The number of carbonyl (C=O) groups is 3. The van der Waals surface area contributed by atoms with Crippen LogP contribution < -0.4 is 5.32 Å². The minimum Gasteiger partial charge on any atom is -0.466 e. The minimum absolute atomic E-state index is 0.0165. The molecule has 33 heavy (non-hydrogen) atoms. The molecule has 2 bridgehead atoms. The number of aliphatic hydroxyl groups excluding tert-OH is 1. The van der Waals surface area contributed by atoms with E-state index in [0.29, 0.717) is 6.42 Å². The van der Waals surface area contributed by atoms with E-state index < -0.39 is 41.6 Å². The molecule has 2 N–H and O–H groups in total. The van der Waals surface area contributed by atoms with E-state index in [1.54, 1.807) is 11.8 Å². The SMILES string of the molecule is CCOC(=O)[C@H]1[C@H]2C(=O)N([C@@H](CO)[C@@H](C)CC)C(C(=O)NC3CCCCC3)C23CC(Br)[C@@H]1O3. The van der Waals surface area contributed by atoms with Crippen LogP contribution in [0.25, 0.3) is 0 Å². The molecule has 1 aliphatic carbocycles. The van der Waals surface area contributed by atoms with E-state index in [9.17, 15) is 19.5 Å². The van der Waals surface area contributed by atoms with Gasteiger partial charge in [0, 0.05) is 10.9 Å². The summed E-state index contributed by atoms with van der Waals surface area (Å²) in [5.74, 6) is -2.53. The van der Waals surface area contributed by atoms with Gasteiger partial charge in [-0.25, -0.2) is 0 Å². The summed E-state index contributed by atoms with van der Waals surface area (Å²) in [7, 11) is 0. The zero-order valence-electron chi connectivity index (χ0n) is 19.8. The number of carbonyl (C=O) groups excluding carboxylic acids is 3. The first kappa shape index (κ1) is 24.9. The van der Waals surface area contributed by atoms with Crippen LogP contribution in [0.4, 0.5) is 0 Å². The number of nitrogens with zero attached hydrogens (tertiary/aromatic N) is 1. The first-order valence-electron chi connectivity index (χ1n) is 12.5. The molecule has 4 aliphatic rings. The Balaban J connectivity index is 1.74. The Labute approximate surface area is 204 Å². The number of likely N-dealkylation sites (tertiary alicyclic amines) is 1. The molecule has 3 aliphatic heterocycles. The van der Waals surface area contributed by atoms with Gasteiger partial charge in [-0.1, -0.05) is 55.5 Å². The van der Waals surface area contributed by atoms with E-state index >= 15 is 0 Å². The van der Waals surface area contributed by atoms with E-state index in [-0.39, 0.29) is 41.8 Å². The molecule has 1 saturated carbocycles. The second-order valence-corrected chi connectivity index (χ2v) is 11.3. The van der Waals surface area contributed by atoms with Gasteiger partial charge < -0.3 is 24.8 Å². The van der Waals surface area contributed by atoms with Crippen molar-refractivity contribution >= 4 is 33.7 Å². The average molecular weight is 529 g/mol. The van der Waals surface area contributed by atoms with Crippen molar-refractivity contribution in [2.75, 3.05) is 13.2 Å². The van der Waals surface area contributed by atoms with Crippen molar-refractivity contribution in [3.63, 3.8) is 0 Å². The largest absolute Gasteiger partial charge is 0.466 e. The zero-order chi connectivity index (χ0) is 23.9. The van der Waals surface area contributed by atoms with Crippen LogP contribution >= 0.6 is 15.9 Å². The van der Waals surface area contributed by atoms with Crippen LogP contribution in [-0.2, 0) is 23.9 Å². The van der Waals surface area contributed by atoms with E-state index in [1.165, 1.54) is 6.42 Å². The van der Waals surface area contributed by atoms with Crippen LogP contribution in [0, 0.1) is 17.8 Å². The van der Waals surface area contributed by atoms with Crippen molar-refractivity contribution < 1.29 is 29.0 Å². The summed E-state index contributed by atoms with van der Waals surface area (Å²) in [5, 5.41) is 13.5. The third kappa shape index (κ3) is 4.01. The Morgan fingerprint density at radius 1 is 1.30 bits per heavy atom. The fourth-order valence-corrected chi connectivity index (χ4v) is 7.52. The smallest absolute Gasteiger partial charge is 0.312 e. The van der Waals surface area contributed by atoms with Crippen LogP contribution in [0.15, 0.2) is 0 Å². The highest BCUT2D eigenvalue weighted by atomic mass is 79.9. The maximum atomic E-state index is 14.0. The van der Waals surface area contributed by atoms with Gasteiger partial charge in [0.2, 0.25) is 11.8 Å². The summed E-state index contributed by atoms with van der Waals surface area (Å²) < 4.78 is 11.8. The van der Waals surface area contributed by atoms with Gasteiger partial charge >= 0.3 is 5.97 Å². The molecule has 0 aromatic carbocycles. The quantitative estimate of drug-likeness (QED) is 0.369. The standard InChI is InChI=1S/C24H37BrN2O6/c1-4-13(3)16(12-28)27-20(21(29)26-14-9-7-6-8-10-14)24-11-15(25)19(33-24)17(18(24)22(27)30)23(31)32-5-2/h13-20,28H,4-12H2,1-3H3,(H,26,29)/t13-,15?,16-,17-,18-,19-,20?,24?/m0/s1. The number of hydrogen-bond acceptors (Lipinski definition) is 6. The highest BCUT2D eigenvalue weighted by Gasteiger charge is 2.77. The van der Waals surface area contributed by atoms with Crippen LogP contribution in [0.3, 0.4) is 0 Å². The number of amides is 2. The maximum Gasteiger partial charge on any atom is 0.312 e. The van der Waals surface area contributed by atoms with Crippen molar-refractivity contribution in [3.8, 4) is 0 Å². The number of halogens is 1. The summed E-state index contributed by atoms with van der Waals surface area (Å²) in [6.45, 7) is 5.68. The van der Waals surface area contributed by atoms with E-state index in [4.69, 9.17) is 9.47 Å². The molecule has 4 rings (SSSR count). The number of esters is 1. The van der Waals surface area contributed by atoms with Crippen molar-refractivity contribution in [1.29, 1.82) is 0 Å². The second kappa shape index (κ2) is 9.82. The van der Waals surface area contributed by atoms with Crippen molar-refractivity contribution in [1.82, 2.24) is 10.2 Å². The number of aliphatic hydroxyl groups is 1. The Hall–Kier alpha value is -1.19. The molecule has 0 aromatic rings. The highest BCUT2D eigenvalue weighted by Crippen LogP contribution is 2.60. The molecule has 4 fully saturated rings. The van der Waals surface area contributed by atoms with Crippen LogP contribution in [0.1, 0.15) is 65.7 Å². The molecule has 0 aromatic heterocycles. The van der Waals surface area contributed by atoms with Gasteiger partial charge in [-0.2, -0.15) is 0 Å². The second-order valence-electron chi connectivity index (χ2n) is 10.1. The average Bonchev–Trinajstić information content (AvgIpc) is 3.39. The molecule has 3 unspecified atom stereocenters. The molecular weight excluding hydrogens is 492 g/mol. The van der Waals surface area contributed by atoms with Gasteiger partial charge in [-0.3, -0.25) is 14.4 Å². The van der Waals surface area contributed by atoms with Gasteiger partial charge in [-0.15, -0.1) is 0 Å². The number of ether oxygens (including phenoxy) is 2. The van der Waals surface area contributed by atoms with Crippen LogP contribution in [0.5, 0.6) is 0 Å². The molecule has 3 saturated heterocycles. The van der Waals surface area contributed by atoms with Gasteiger partial charge in [0.1, 0.15) is 11.6 Å². The number of nitrogens with one attached hydrogen (secondary N) is 1. The molecule has 3 heterocycles. The molecule has 9 heteroatoms. The van der Waals surface area contributed by atoms with Crippen molar-refractivity contribution in [2.45, 2.75) is 100 Å². The van der Waals surface area contributed by atoms with Gasteiger partial charge in [0.25, 0.3) is 0 Å². The molecule has 8 atom stereocenters. The lowest BCUT2D eigenvalue weighted by molar-refractivity contribution is -0.155. The van der Waals surface area contributed by atoms with Gasteiger partial charge in [0.15, 0.2) is 0 Å². The fraction of sp³-hybridized carbons (Fsp3) is 0.875. The summed E-state index contributed by atoms with van der Waals surface area (Å²) in [6, 6.07) is -1.33. The highest BCUT2D eigenvalue weighted by molar-refractivity contribution is 9.09. The van der Waals surface area contributed by atoms with Gasteiger partial charge in [-0.05, 0) is 32.1 Å². The van der Waals surface area contributed by atoms with E-state index in [1.807, 2.05) is 13.8 Å². The van der Waals surface area contributed by atoms with Crippen LogP contribution in [-0.4, -0.2) is 75.7 Å². The molecule has 2 amide bonds. The predicted octanol–water partition coefficient (Wildman–Crippen LogP) is 2.15. The lowest BCUT2D eigenvalue weighted by Crippen LogP contribution is -2.60. The summed E-state index contributed by atoms with van der Waals surface area (Å²) >= 11 is 3.65. The predicted molar refractivity (Wildman–Crippen MR) is 125 cm³/mol. The van der Waals surface area contributed by atoms with Gasteiger partial charge in [0.05, 0.1) is 37.2 Å². The van der Waals surface area contributed by atoms with E-state index in [2.05, 4.69) is 21.2 Å². The number of fused-ring (bicyclic) bond motifs is 1. The normalized spacial score (nSPS) is 37.7. The Morgan fingerprint density at radius 3 is 2.61 bits per heavy atom.